The van der Waals surface area contributed by atoms with Crippen molar-refractivity contribution in [2.24, 2.45) is 0 Å². The number of halogens is 1. The monoisotopic (exact) mass is 345 g/mol. The lowest BCUT2D eigenvalue weighted by Crippen LogP contribution is -2.41. The number of aromatic nitrogens is 2. The Morgan fingerprint density at radius 3 is 2.60 bits per heavy atom. The van der Waals surface area contributed by atoms with Crippen molar-refractivity contribution in [3.8, 4) is 5.75 Å². The number of rotatable bonds is 6. The molecule has 0 aliphatic carbocycles. The van der Waals surface area contributed by atoms with Crippen molar-refractivity contribution < 1.29 is 18.7 Å². The van der Waals surface area contributed by atoms with Crippen LogP contribution in [0.15, 0.2) is 42.9 Å². The van der Waals surface area contributed by atoms with Crippen LogP contribution in [-0.2, 0) is 4.74 Å². The number of nitrogens with zero attached hydrogens (tertiary/aromatic N) is 3. The molecule has 0 radical (unpaired) electrons. The third-order valence-electron chi connectivity index (χ3n) is 4.03. The summed E-state index contributed by atoms with van der Waals surface area (Å²) >= 11 is 0. The van der Waals surface area contributed by atoms with E-state index in [0.29, 0.717) is 37.7 Å². The smallest absolute Gasteiger partial charge is 0.274 e. The highest BCUT2D eigenvalue weighted by molar-refractivity contribution is 5.92. The molecule has 0 unspecified atom stereocenters. The second-order valence-corrected chi connectivity index (χ2v) is 5.76. The molecule has 0 spiro atoms. The van der Waals surface area contributed by atoms with Gasteiger partial charge in [-0.3, -0.25) is 9.78 Å². The fourth-order valence-electron chi connectivity index (χ4n) is 2.70. The number of ether oxygens (including phenoxy) is 2. The van der Waals surface area contributed by atoms with Crippen LogP contribution < -0.4 is 4.74 Å². The molecule has 1 amide bonds. The van der Waals surface area contributed by atoms with Crippen LogP contribution in [0, 0.1) is 5.82 Å². The molecule has 3 rings (SSSR count). The molecule has 1 aromatic carbocycles. The summed E-state index contributed by atoms with van der Waals surface area (Å²) in [5.41, 5.74) is 0.370. The van der Waals surface area contributed by atoms with E-state index in [2.05, 4.69) is 9.97 Å². The van der Waals surface area contributed by atoms with E-state index in [-0.39, 0.29) is 17.8 Å². The van der Waals surface area contributed by atoms with Crippen molar-refractivity contribution in [3.05, 3.63) is 54.4 Å². The molecule has 1 aromatic heterocycles. The largest absolute Gasteiger partial charge is 0.491 e. The van der Waals surface area contributed by atoms with E-state index in [4.69, 9.17) is 9.47 Å². The summed E-state index contributed by atoms with van der Waals surface area (Å²) in [4.78, 5) is 22.0. The fourth-order valence-corrected chi connectivity index (χ4v) is 2.70. The molecule has 0 atom stereocenters. The molecule has 1 aliphatic rings. The lowest BCUT2D eigenvalue weighted by atomic mass is 10.1. The summed E-state index contributed by atoms with van der Waals surface area (Å²) in [5.74, 6) is 0.243. The summed E-state index contributed by atoms with van der Waals surface area (Å²) in [6.07, 6.45) is 6.22. The number of hydrogen-bond donors (Lipinski definition) is 0. The zero-order valence-corrected chi connectivity index (χ0v) is 13.8. The summed E-state index contributed by atoms with van der Waals surface area (Å²) < 4.78 is 24.1. The standard InChI is InChI=1S/C18H20FN3O3/c19-14-1-3-15(4-2-14)24-11-12-25-16-5-9-22(10-6-16)18(23)17-13-20-7-8-21-17/h1-4,7-8,13,16H,5-6,9-12H2. The third-order valence-corrected chi connectivity index (χ3v) is 4.03. The van der Waals surface area contributed by atoms with Gasteiger partial charge in [-0.1, -0.05) is 0 Å². The van der Waals surface area contributed by atoms with Crippen LogP contribution in [0.2, 0.25) is 0 Å². The zero-order valence-electron chi connectivity index (χ0n) is 13.8. The predicted molar refractivity (Wildman–Crippen MR) is 88.8 cm³/mol. The quantitative estimate of drug-likeness (QED) is 0.752. The van der Waals surface area contributed by atoms with E-state index < -0.39 is 0 Å². The van der Waals surface area contributed by atoms with Crippen LogP contribution in [0.5, 0.6) is 5.75 Å². The van der Waals surface area contributed by atoms with Gasteiger partial charge in [-0.05, 0) is 37.1 Å². The molecule has 132 valence electrons. The van der Waals surface area contributed by atoms with E-state index in [1.807, 2.05) is 0 Å². The van der Waals surface area contributed by atoms with Crippen molar-refractivity contribution in [1.29, 1.82) is 0 Å². The molecule has 1 aliphatic heterocycles. The molecule has 25 heavy (non-hydrogen) atoms. The number of piperidine rings is 1. The molecule has 0 N–H and O–H groups in total. The lowest BCUT2D eigenvalue weighted by molar-refractivity contribution is -0.00251. The molecule has 0 saturated carbocycles. The van der Waals surface area contributed by atoms with Crippen LogP contribution in [0.25, 0.3) is 0 Å². The van der Waals surface area contributed by atoms with Gasteiger partial charge < -0.3 is 14.4 Å². The second kappa shape index (κ2) is 8.53. The first-order chi connectivity index (χ1) is 12.2. The van der Waals surface area contributed by atoms with Gasteiger partial charge in [0, 0.05) is 25.5 Å². The van der Waals surface area contributed by atoms with Crippen molar-refractivity contribution in [3.63, 3.8) is 0 Å². The maximum absolute atomic E-state index is 12.8. The van der Waals surface area contributed by atoms with Crippen molar-refractivity contribution in [2.75, 3.05) is 26.3 Å². The van der Waals surface area contributed by atoms with Crippen molar-refractivity contribution >= 4 is 5.91 Å². The van der Waals surface area contributed by atoms with Crippen molar-refractivity contribution in [1.82, 2.24) is 14.9 Å². The Kier molecular flexibility index (Phi) is 5.90. The van der Waals surface area contributed by atoms with Crippen LogP contribution in [0.3, 0.4) is 0 Å². The highest BCUT2D eigenvalue weighted by atomic mass is 19.1. The van der Waals surface area contributed by atoms with Gasteiger partial charge in [0.15, 0.2) is 0 Å². The van der Waals surface area contributed by atoms with Crippen molar-refractivity contribution in [2.45, 2.75) is 18.9 Å². The second-order valence-electron chi connectivity index (χ2n) is 5.76. The maximum atomic E-state index is 12.8. The summed E-state index contributed by atoms with van der Waals surface area (Å²) in [6, 6.07) is 5.90. The minimum Gasteiger partial charge on any atom is -0.491 e. The Bertz CT molecular complexity index is 674. The Morgan fingerprint density at radius 1 is 1.16 bits per heavy atom. The molecule has 1 saturated heterocycles. The maximum Gasteiger partial charge on any atom is 0.274 e. The number of carbonyl (C=O) groups excluding carboxylic acids is 1. The van der Waals surface area contributed by atoms with E-state index >= 15 is 0 Å². The molecule has 1 fully saturated rings. The van der Waals surface area contributed by atoms with E-state index in [1.165, 1.54) is 24.5 Å². The number of likely N-dealkylation sites (tertiary alicyclic amines) is 1. The Hall–Kier alpha value is -2.54. The first-order valence-electron chi connectivity index (χ1n) is 8.27. The van der Waals surface area contributed by atoms with Gasteiger partial charge in [0.25, 0.3) is 5.91 Å². The van der Waals surface area contributed by atoms with Crippen LogP contribution >= 0.6 is 0 Å². The number of benzene rings is 1. The average Bonchev–Trinajstić information content (AvgIpc) is 2.67. The van der Waals surface area contributed by atoms with E-state index in [1.54, 1.807) is 23.2 Å². The topological polar surface area (TPSA) is 64.6 Å². The number of amides is 1. The van der Waals surface area contributed by atoms with Crippen LogP contribution in [-0.4, -0.2) is 53.2 Å². The summed E-state index contributed by atoms with van der Waals surface area (Å²) in [6.45, 7) is 2.14. The zero-order chi connectivity index (χ0) is 17.5. The normalized spacial score (nSPS) is 15.2. The summed E-state index contributed by atoms with van der Waals surface area (Å²) in [7, 11) is 0. The van der Waals surface area contributed by atoms with Gasteiger partial charge in [0.05, 0.1) is 18.9 Å². The summed E-state index contributed by atoms with van der Waals surface area (Å²) in [5, 5.41) is 0. The molecule has 6 nitrogen and oxygen atoms in total. The lowest BCUT2D eigenvalue weighted by Gasteiger charge is -2.31. The van der Waals surface area contributed by atoms with E-state index in [0.717, 1.165) is 12.8 Å². The highest BCUT2D eigenvalue weighted by Crippen LogP contribution is 2.16. The predicted octanol–water partition coefficient (Wildman–Crippen LogP) is 2.32. The Morgan fingerprint density at radius 2 is 1.92 bits per heavy atom. The molecule has 2 aromatic rings. The van der Waals surface area contributed by atoms with Crippen LogP contribution in [0.1, 0.15) is 23.3 Å². The third kappa shape index (κ3) is 4.96. The molecular weight excluding hydrogens is 325 g/mol. The first kappa shape index (κ1) is 17.3. The minimum absolute atomic E-state index is 0.0915. The Labute approximate surface area is 145 Å². The highest BCUT2D eigenvalue weighted by Gasteiger charge is 2.24. The molecule has 2 heterocycles. The van der Waals surface area contributed by atoms with Gasteiger partial charge in [-0.25, -0.2) is 9.37 Å². The first-order valence-corrected chi connectivity index (χ1v) is 8.27. The SMILES string of the molecule is O=C(c1cnccn1)N1CCC(OCCOc2ccc(F)cc2)CC1. The minimum atomic E-state index is -0.286. The number of hydrogen-bond acceptors (Lipinski definition) is 5. The molecular formula is C18H20FN3O3. The molecule has 7 heteroatoms. The number of carbonyl (C=O) groups is 1. The Balaban J connectivity index is 1.35. The van der Waals surface area contributed by atoms with Gasteiger partial charge in [-0.15, -0.1) is 0 Å². The average molecular weight is 345 g/mol. The van der Waals surface area contributed by atoms with Crippen LogP contribution in [0.4, 0.5) is 4.39 Å². The van der Waals surface area contributed by atoms with Gasteiger partial charge in [0.2, 0.25) is 0 Å². The molecule has 0 bridgehead atoms. The fraction of sp³-hybridized carbons (Fsp3) is 0.389. The van der Waals surface area contributed by atoms with E-state index in [9.17, 15) is 9.18 Å². The van der Waals surface area contributed by atoms with Gasteiger partial charge in [0.1, 0.15) is 23.9 Å². The van der Waals surface area contributed by atoms with Gasteiger partial charge >= 0.3 is 0 Å². The van der Waals surface area contributed by atoms with Gasteiger partial charge in [-0.2, -0.15) is 0 Å².